The van der Waals surface area contributed by atoms with Crippen LogP contribution in [0.25, 0.3) is 16.7 Å². The number of pyridine rings is 1. The number of para-hydroxylation sites is 2. The number of benzene rings is 4. The van der Waals surface area contributed by atoms with Crippen LogP contribution < -0.4 is 20.1 Å². The van der Waals surface area contributed by atoms with Crippen LogP contribution in [0.1, 0.15) is 37.4 Å². The van der Waals surface area contributed by atoms with Gasteiger partial charge in [0, 0.05) is 49.0 Å². The Labute approximate surface area is 299 Å². The number of primary amides is 1. The zero-order valence-electron chi connectivity index (χ0n) is 28.6. The van der Waals surface area contributed by atoms with E-state index >= 15 is 0 Å². The van der Waals surface area contributed by atoms with Crippen molar-refractivity contribution in [2.75, 3.05) is 38.8 Å². The van der Waals surface area contributed by atoms with Gasteiger partial charge in [0.15, 0.2) is 11.5 Å². The lowest BCUT2D eigenvalue weighted by molar-refractivity contribution is -0.144. The predicted molar refractivity (Wildman–Crippen MR) is 192 cm³/mol. The quantitative estimate of drug-likeness (QED) is 0.181. The summed E-state index contributed by atoms with van der Waals surface area (Å²) in [5.41, 5.74) is 9.91. The second-order valence-corrected chi connectivity index (χ2v) is 12.2. The monoisotopic (exact) mass is 700 g/mol. The Morgan fingerprint density at radius 3 is 2.37 bits per heavy atom. The number of rotatable bonds is 11. The van der Waals surface area contributed by atoms with Crippen molar-refractivity contribution in [3.05, 3.63) is 137 Å². The maximum atomic E-state index is 14.6. The molecule has 12 nitrogen and oxygen atoms in total. The molecule has 2 amide bonds. The van der Waals surface area contributed by atoms with E-state index in [1.807, 2.05) is 66.7 Å². The van der Waals surface area contributed by atoms with E-state index in [9.17, 15) is 14.4 Å². The van der Waals surface area contributed by atoms with Gasteiger partial charge in [0.1, 0.15) is 0 Å². The number of methoxy groups -OCH3 is 2. The van der Waals surface area contributed by atoms with E-state index in [0.29, 0.717) is 42.3 Å². The van der Waals surface area contributed by atoms with Gasteiger partial charge < -0.3 is 34.3 Å². The largest absolute Gasteiger partial charge is 0.493 e. The highest BCUT2D eigenvalue weighted by molar-refractivity contribution is 6.09. The highest BCUT2D eigenvalue weighted by atomic mass is 16.8. The van der Waals surface area contributed by atoms with Crippen molar-refractivity contribution in [3.63, 3.8) is 0 Å². The molecular formula is C40H36N4O8. The van der Waals surface area contributed by atoms with Crippen molar-refractivity contribution in [1.82, 2.24) is 9.88 Å². The van der Waals surface area contributed by atoms with E-state index in [1.165, 1.54) is 11.8 Å². The minimum absolute atomic E-state index is 0.111. The van der Waals surface area contributed by atoms with Crippen molar-refractivity contribution in [2.24, 2.45) is 5.73 Å². The van der Waals surface area contributed by atoms with Gasteiger partial charge in [-0.3, -0.25) is 19.5 Å². The first-order valence-electron chi connectivity index (χ1n) is 16.7. The second-order valence-electron chi connectivity index (χ2n) is 12.2. The molecule has 4 aromatic carbocycles. The zero-order chi connectivity index (χ0) is 36.2. The van der Waals surface area contributed by atoms with Crippen LogP contribution in [0.4, 0.5) is 5.69 Å². The minimum atomic E-state index is -1.58. The van der Waals surface area contributed by atoms with Crippen LogP contribution in [0.3, 0.4) is 0 Å². The lowest BCUT2D eigenvalue weighted by Gasteiger charge is -2.32. The first kappa shape index (κ1) is 34.1. The third-order valence-electron chi connectivity index (χ3n) is 9.02. The smallest absolute Gasteiger partial charge is 0.347 e. The van der Waals surface area contributed by atoms with Gasteiger partial charge in [-0.25, -0.2) is 4.79 Å². The fourth-order valence-electron chi connectivity index (χ4n) is 6.36. The molecule has 2 aliphatic rings. The maximum Gasteiger partial charge on any atom is 0.347 e. The van der Waals surface area contributed by atoms with Gasteiger partial charge in [-0.05, 0) is 60.0 Å². The standard InChI is InChI=1S/C40H36N4O8/c1-48-33-21-25-16-17-43(24-28(25)22-34(33)49-2)18-19-44(29-11-4-3-5-12-29)37(46)31-14-8-7-13-30(31)35-39(52-40(50-35)36(41)45)51-38(47)27-20-26-10-6-9-15-32(26)42-23-27/h3-15,20-23,40H,16-19,24H2,1-2H3,(H2,41,45). The molecule has 2 aliphatic heterocycles. The predicted octanol–water partition coefficient (Wildman–Crippen LogP) is 5.30. The Hall–Kier alpha value is -6.40. The maximum absolute atomic E-state index is 14.6. The molecule has 5 aromatic rings. The van der Waals surface area contributed by atoms with Crippen LogP contribution in [0.2, 0.25) is 0 Å². The Balaban J connectivity index is 1.17. The Morgan fingerprint density at radius 2 is 1.60 bits per heavy atom. The fourth-order valence-corrected chi connectivity index (χ4v) is 6.36. The van der Waals surface area contributed by atoms with Gasteiger partial charge in [0.2, 0.25) is 5.76 Å². The Bertz CT molecular complexity index is 2190. The van der Waals surface area contributed by atoms with Crippen LogP contribution in [-0.4, -0.2) is 67.8 Å². The molecule has 0 saturated heterocycles. The van der Waals surface area contributed by atoms with Gasteiger partial charge in [0.05, 0.1) is 30.9 Å². The van der Waals surface area contributed by atoms with E-state index in [4.69, 9.17) is 29.4 Å². The average molecular weight is 701 g/mol. The summed E-state index contributed by atoms with van der Waals surface area (Å²) in [6.45, 7) is 2.41. The number of nitrogens with zero attached hydrogens (tertiary/aromatic N) is 3. The average Bonchev–Trinajstić information content (AvgIpc) is 3.61. The summed E-state index contributed by atoms with van der Waals surface area (Å²) < 4.78 is 28.1. The molecule has 0 spiro atoms. The highest BCUT2D eigenvalue weighted by Gasteiger charge is 2.37. The Morgan fingerprint density at radius 1 is 0.885 bits per heavy atom. The van der Waals surface area contributed by atoms with E-state index in [-0.39, 0.29) is 28.4 Å². The third-order valence-corrected chi connectivity index (χ3v) is 9.02. The van der Waals surface area contributed by atoms with Crippen LogP contribution >= 0.6 is 0 Å². The van der Waals surface area contributed by atoms with Crippen molar-refractivity contribution < 1.29 is 38.1 Å². The van der Waals surface area contributed by atoms with E-state index in [1.54, 1.807) is 49.5 Å². The number of anilines is 1. The van der Waals surface area contributed by atoms with Gasteiger partial charge in [-0.2, -0.15) is 0 Å². The topological polar surface area (TPSA) is 143 Å². The fraction of sp³-hybridized carbons (Fsp3) is 0.200. The number of esters is 1. The van der Waals surface area contributed by atoms with Crippen molar-refractivity contribution in [2.45, 2.75) is 19.3 Å². The lowest BCUT2D eigenvalue weighted by Crippen LogP contribution is -2.41. The molecule has 2 N–H and O–H groups in total. The molecule has 1 unspecified atom stereocenters. The van der Waals surface area contributed by atoms with E-state index in [2.05, 4.69) is 9.88 Å². The van der Waals surface area contributed by atoms with Crippen molar-refractivity contribution in [1.29, 1.82) is 0 Å². The molecule has 12 heteroatoms. The molecule has 0 radical (unpaired) electrons. The SMILES string of the molecule is COc1cc2c(cc1OC)CN(CCN(C(=O)c1ccccc1C1=C(OC(=O)c3cnc4ccccc4c3)OC(C(N)=O)O1)c1ccccc1)CC2. The molecule has 0 fully saturated rings. The van der Waals surface area contributed by atoms with Gasteiger partial charge in [-0.1, -0.05) is 54.6 Å². The molecule has 3 heterocycles. The van der Waals surface area contributed by atoms with Gasteiger partial charge in [-0.15, -0.1) is 0 Å². The number of fused-ring (bicyclic) bond motifs is 2. The lowest BCUT2D eigenvalue weighted by atomic mass is 9.98. The highest BCUT2D eigenvalue weighted by Crippen LogP contribution is 2.36. The summed E-state index contributed by atoms with van der Waals surface area (Å²) in [5, 5.41) is 0.732. The first-order chi connectivity index (χ1) is 25.3. The molecule has 0 aliphatic carbocycles. The van der Waals surface area contributed by atoms with Gasteiger partial charge >= 0.3 is 18.2 Å². The van der Waals surface area contributed by atoms with E-state index < -0.39 is 24.1 Å². The molecule has 0 bridgehead atoms. The van der Waals surface area contributed by atoms with Crippen molar-refractivity contribution in [3.8, 4) is 11.5 Å². The van der Waals surface area contributed by atoms with Crippen LogP contribution in [0.5, 0.6) is 11.5 Å². The third kappa shape index (κ3) is 6.96. The normalized spacial score (nSPS) is 15.3. The summed E-state index contributed by atoms with van der Waals surface area (Å²) in [7, 11) is 3.25. The molecule has 52 heavy (non-hydrogen) atoms. The summed E-state index contributed by atoms with van der Waals surface area (Å²) in [6.07, 6.45) is 0.623. The van der Waals surface area contributed by atoms with Crippen LogP contribution in [-0.2, 0) is 32.0 Å². The van der Waals surface area contributed by atoms with E-state index in [0.717, 1.165) is 23.9 Å². The second kappa shape index (κ2) is 14.8. The van der Waals surface area contributed by atoms with Crippen LogP contribution in [0, 0.1) is 0 Å². The van der Waals surface area contributed by atoms with Gasteiger partial charge in [0.25, 0.3) is 11.8 Å². The number of nitrogens with two attached hydrogens (primary N) is 1. The number of aromatic nitrogens is 1. The number of carbonyl (C=O) groups excluding carboxylic acids is 3. The first-order valence-corrected chi connectivity index (χ1v) is 16.7. The summed E-state index contributed by atoms with van der Waals surface area (Å²) in [6, 6.07) is 29.0. The number of hydrogen-bond acceptors (Lipinski definition) is 10. The Kier molecular flexibility index (Phi) is 9.72. The molecule has 1 atom stereocenters. The molecule has 1 aromatic heterocycles. The number of amides is 2. The zero-order valence-corrected chi connectivity index (χ0v) is 28.6. The number of ether oxygens (including phenoxy) is 5. The number of hydrogen-bond donors (Lipinski definition) is 1. The number of carbonyl (C=O) groups is 3. The summed E-state index contributed by atoms with van der Waals surface area (Å²) in [4.78, 5) is 48.5. The summed E-state index contributed by atoms with van der Waals surface area (Å²) in [5.74, 6) is -1.21. The molecular weight excluding hydrogens is 664 g/mol. The molecule has 0 saturated carbocycles. The molecule has 264 valence electrons. The van der Waals surface area contributed by atoms with Crippen molar-refractivity contribution >= 4 is 40.1 Å². The summed E-state index contributed by atoms with van der Waals surface area (Å²) >= 11 is 0. The van der Waals surface area contributed by atoms with Crippen LogP contribution in [0.15, 0.2) is 109 Å². The molecule has 7 rings (SSSR count). The minimum Gasteiger partial charge on any atom is -0.493 e.